The van der Waals surface area contributed by atoms with Gasteiger partial charge in [0, 0.05) is 48.0 Å². The Morgan fingerprint density at radius 2 is 1.00 bits per heavy atom. The topological polar surface area (TPSA) is 60.5 Å². The maximum Gasteiger partial charge on any atom is 0.306 e. The number of esters is 1. The van der Waals surface area contributed by atoms with Crippen LogP contribution in [0.4, 0.5) is 0 Å². The number of carbonyl (C=O) groups excluding carboxylic acids is 1. The predicted molar refractivity (Wildman–Crippen MR) is 149 cm³/mol. The molecule has 0 aliphatic carbocycles. The Kier molecular flexibility index (Phi) is 11.9. The molecule has 2 rings (SSSR count). The number of hydrogen-bond donors (Lipinski definition) is 0. The molecule has 0 aromatic rings. The molecule has 0 atom stereocenters. The van der Waals surface area contributed by atoms with E-state index < -0.39 is 0 Å². The van der Waals surface area contributed by atoms with Gasteiger partial charge in [0.25, 0.3) is 0 Å². The highest BCUT2D eigenvalue weighted by molar-refractivity contribution is 5.69. The zero-order valence-corrected chi connectivity index (χ0v) is 25.8. The Morgan fingerprint density at radius 3 is 1.43 bits per heavy atom. The molecule has 0 bridgehead atoms. The van der Waals surface area contributed by atoms with E-state index in [4.69, 9.17) is 19.1 Å². The Balaban J connectivity index is 1.52. The van der Waals surface area contributed by atoms with Gasteiger partial charge in [-0.1, -0.05) is 32.1 Å². The van der Waals surface area contributed by atoms with Crippen LogP contribution in [0.3, 0.4) is 0 Å². The van der Waals surface area contributed by atoms with Gasteiger partial charge in [0.05, 0.1) is 20.3 Å². The van der Waals surface area contributed by atoms with Gasteiger partial charge in [-0.25, -0.2) is 0 Å². The van der Waals surface area contributed by atoms with Crippen molar-refractivity contribution in [2.75, 3.05) is 20.8 Å². The first-order chi connectivity index (χ1) is 17.1. The lowest BCUT2D eigenvalue weighted by molar-refractivity contribution is -0.280. The number of piperidine rings is 2. The van der Waals surface area contributed by atoms with Gasteiger partial charge in [0.1, 0.15) is 6.10 Å². The fourth-order valence-electron chi connectivity index (χ4n) is 7.28. The van der Waals surface area contributed by atoms with E-state index in [9.17, 15) is 4.79 Å². The normalized spacial score (nSPS) is 24.3. The van der Waals surface area contributed by atoms with E-state index >= 15 is 0 Å². The number of carbonyl (C=O) groups is 1. The highest BCUT2D eigenvalue weighted by Crippen LogP contribution is 2.40. The molecule has 0 N–H and O–H groups in total. The zero-order chi connectivity index (χ0) is 27.9. The van der Waals surface area contributed by atoms with Gasteiger partial charge >= 0.3 is 5.97 Å². The smallest absolute Gasteiger partial charge is 0.306 e. The van der Waals surface area contributed by atoms with Crippen LogP contribution in [0.15, 0.2) is 0 Å². The van der Waals surface area contributed by atoms with Crippen LogP contribution >= 0.6 is 0 Å². The van der Waals surface area contributed by atoms with E-state index in [2.05, 4.69) is 60.5 Å². The molecule has 0 unspecified atom stereocenters. The lowest BCUT2D eigenvalue weighted by Crippen LogP contribution is -2.61. The van der Waals surface area contributed by atoms with Crippen molar-refractivity contribution >= 4 is 5.97 Å². The third kappa shape index (κ3) is 9.45. The van der Waals surface area contributed by atoms with Gasteiger partial charge in [-0.15, -0.1) is 0 Å². The van der Waals surface area contributed by atoms with Crippen molar-refractivity contribution in [3.8, 4) is 0 Å². The molecule has 37 heavy (non-hydrogen) atoms. The van der Waals surface area contributed by atoms with Crippen LogP contribution in [-0.4, -0.2) is 71.3 Å². The summed E-state index contributed by atoms with van der Waals surface area (Å²) in [5, 5.41) is 4.18. The van der Waals surface area contributed by atoms with E-state index in [0.29, 0.717) is 12.5 Å². The molecule has 0 aromatic heterocycles. The SMILES string of the molecule is CON1C(C)(C)CC(OCCCCCCCCCC(=O)OC2CC(C)(C)N(OC)C(C)(C)C2)CC1(C)C. The van der Waals surface area contributed by atoms with E-state index in [1.165, 1.54) is 25.7 Å². The molecule has 2 saturated heterocycles. The van der Waals surface area contributed by atoms with Gasteiger partial charge in [0.15, 0.2) is 0 Å². The molecule has 0 radical (unpaired) electrons. The van der Waals surface area contributed by atoms with Gasteiger partial charge < -0.3 is 19.1 Å². The monoisotopic (exact) mass is 526 g/mol. The maximum absolute atomic E-state index is 12.4. The first kappa shape index (κ1) is 32.5. The second-order valence-electron chi connectivity index (χ2n) is 13.8. The summed E-state index contributed by atoms with van der Waals surface area (Å²) in [6.07, 6.45) is 12.3. The first-order valence-corrected chi connectivity index (χ1v) is 14.6. The Labute approximate surface area is 227 Å². The van der Waals surface area contributed by atoms with Crippen molar-refractivity contribution in [3.63, 3.8) is 0 Å². The summed E-state index contributed by atoms with van der Waals surface area (Å²) in [4.78, 5) is 23.8. The molecule has 0 saturated carbocycles. The molecular weight excluding hydrogens is 468 g/mol. The minimum absolute atomic E-state index is 0.0254. The van der Waals surface area contributed by atoms with Crippen molar-refractivity contribution in [1.82, 2.24) is 10.1 Å². The summed E-state index contributed by atoms with van der Waals surface area (Å²) >= 11 is 0. The highest BCUT2D eigenvalue weighted by Gasteiger charge is 2.48. The van der Waals surface area contributed by atoms with Crippen LogP contribution < -0.4 is 0 Å². The molecule has 218 valence electrons. The number of hydrogen-bond acceptors (Lipinski definition) is 7. The molecule has 2 heterocycles. The summed E-state index contributed by atoms with van der Waals surface area (Å²) in [5.41, 5.74) is -0.382. The Hall–Kier alpha value is -0.730. The minimum Gasteiger partial charge on any atom is -0.462 e. The number of ether oxygens (including phenoxy) is 2. The highest BCUT2D eigenvalue weighted by atomic mass is 16.7. The summed E-state index contributed by atoms with van der Waals surface area (Å²) in [5.74, 6) is -0.0534. The average Bonchev–Trinajstić information content (AvgIpc) is 2.72. The molecule has 0 aromatic carbocycles. The quantitative estimate of drug-likeness (QED) is 0.181. The number of rotatable bonds is 14. The van der Waals surface area contributed by atoms with E-state index in [1.807, 2.05) is 5.06 Å². The second-order valence-corrected chi connectivity index (χ2v) is 13.8. The molecule has 0 spiro atoms. The second kappa shape index (κ2) is 13.6. The standard InChI is InChI=1S/C30H58N2O5/c1-27(2)20-24(21-28(3,4)31(27)34-9)36-19-17-15-13-11-12-14-16-18-26(33)37-25-22-29(5,6)32(35-10)30(7,8)23-25/h24-25H,11-23H2,1-10H3. The number of nitrogens with zero attached hydrogens (tertiary/aromatic N) is 2. The lowest BCUT2D eigenvalue weighted by atomic mass is 9.80. The van der Waals surface area contributed by atoms with Crippen molar-refractivity contribution in [1.29, 1.82) is 0 Å². The van der Waals surface area contributed by atoms with Gasteiger partial charge in [-0.3, -0.25) is 4.79 Å². The fraction of sp³-hybridized carbons (Fsp3) is 0.967. The summed E-state index contributed by atoms with van der Waals surface area (Å²) in [6, 6.07) is 0. The van der Waals surface area contributed by atoms with Gasteiger partial charge in [0.2, 0.25) is 0 Å². The molecule has 2 aliphatic heterocycles. The summed E-state index contributed by atoms with van der Waals surface area (Å²) in [7, 11) is 3.49. The van der Waals surface area contributed by atoms with E-state index in [0.717, 1.165) is 51.6 Å². The average molecular weight is 527 g/mol. The number of unbranched alkanes of at least 4 members (excludes halogenated alkanes) is 6. The minimum atomic E-state index is -0.165. The molecule has 2 aliphatic rings. The van der Waals surface area contributed by atoms with Gasteiger partial charge in [-0.05, 0) is 81.1 Å². The van der Waals surface area contributed by atoms with E-state index in [-0.39, 0.29) is 34.2 Å². The predicted octanol–water partition coefficient (Wildman–Crippen LogP) is 6.83. The third-order valence-corrected chi connectivity index (χ3v) is 8.15. The largest absolute Gasteiger partial charge is 0.462 e. The van der Waals surface area contributed by atoms with E-state index in [1.54, 1.807) is 14.2 Å². The van der Waals surface area contributed by atoms with Crippen LogP contribution in [0.1, 0.15) is 132 Å². The van der Waals surface area contributed by atoms with Crippen molar-refractivity contribution in [2.45, 2.75) is 167 Å². The Morgan fingerprint density at radius 1 is 0.622 bits per heavy atom. The van der Waals surface area contributed by atoms with Crippen molar-refractivity contribution in [3.05, 3.63) is 0 Å². The van der Waals surface area contributed by atoms with Crippen LogP contribution in [0.25, 0.3) is 0 Å². The zero-order valence-electron chi connectivity index (χ0n) is 25.8. The molecule has 7 nitrogen and oxygen atoms in total. The van der Waals surface area contributed by atoms with Crippen LogP contribution in [0.2, 0.25) is 0 Å². The van der Waals surface area contributed by atoms with Crippen LogP contribution in [0, 0.1) is 0 Å². The Bertz CT molecular complexity index is 670. The fourth-order valence-corrected chi connectivity index (χ4v) is 7.28. The summed E-state index contributed by atoms with van der Waals surface area (Å²) < 4.78 is 12.1. The van der Waals surface area contributed by atoms with Crippen LogP contribution in [0.5, 0.6) is 0 Å². The third-order valence-electron chi connectivity index (χ3n) is 8.15. The van der Waals surface area contributed by atoms with Gasteiger partial charge in [-0.2, -0.15) is 10.1 Å². The molecule has 7 heteroatoms. The lowest BCUT2D eigenvalue weighted by Gasteiger charge is -2.53. The van der Waals surface area contributed by atoms with Crippen molar-refractivity contribution in [2.24, 2.45) is 0 Å². The van der Waals surface area contributed by atoms with Crippen molar-refractivity contribution < 1.29 is 23.9 Å². The van der Waals surface area contributed by atoms with Crippen LogP contribution in [-0.2, 0) is 23.9 Å². The maximum atomic E-state index is 12.4. The molecule has 0 amide bonds. The molecular formula is C30H58N2O5. The molecule has 2 fully saturated rings. The number of hydroxylamine groups is 4. The summed E-state index contributed by atoms with van der Waals surface area (Å²) in [6.45, 7) is 18.4. The first-order valence-electron chi connectivity index (χ1n) is 14.6.